The number of aromatic nitrogens is 2. The highest BCUT2D eigenvalue weighted by Gasteiger charge is 2.19. The third kappa shape index (κ3) is 4.62. The standard InChI is InChI=1S/C20H27N5O3/c1-24(12-11-16(26)22-15-9-5-6-10-15)17-18(21)25(20(28)23-19(17)27)13-14-7-3-2-4-8-14/h2-4,7-8,15H,5-6,9-13,21H2,1H3,(H,22,26)(H,23,27,28). The number of rotatable bonds is 7. The fraction of sp³-hybridized carbons (Fsp3) is 0.450. The van der Waals surface area contributed by atoms with E-state index in [0.717, 1.165) is 31.2 Å². The number of aromatic amines is 1. The number of benzene rings is 1. The Morgan fingerprint density at radius 3 is 2.61 bits per heavy atom. The van der Waals surface area contributed by atoms with Crippen LogP contribution in [0, 0.1) is 0 Å². The van der Waals surface area contributed by atoms with E-state index in [0.29, 0.717) is 6.54 Å². The van der Waals surface area contributed by atoms with E-state index in [1.807, 2.05) is 30.3 Å². The maximum Gasteiger partial charge on any atom is 0.330 e. The number of nitrogens with zero attached hydrogens (tertiary/aromatic N) is 2. The summed E-state index contributed by atoms with van der Waals surface area (Å²) in [4.78, 5) is 40.7. The van der Waals surface area contributed by atoms with Crippen molar-refractivity contribution in [2.75, 3.05) is 24.2 Å². The topological polar surface area (TPSA) is 113 Å². The van der Waals surface area contributed by atoms with Crippen LogP contribution in [0.5, 0.6) is 0 Å². The maximum atomic E-state index is 12.3. The van der Waals surface area contributed by atoms with Crippen LogP contribution in [0.25, 0.3) is 0 Å². The molecule has 0 atom stereocenters. The van der Waals surface area contributed by atoms with E-state index < -0.39 is 11.2 Å². The second-order valence-electron chi connectivity index (χ2n) is 7.29. The minimum atomic E-state index is -0.553. The van der Waals surface area contributed by atoms with Crippen molar-refractivity contribution in [1.29, 1.82) is 0 Å². The Kier molecular flexibility index (Phi) is 6.18. The number of nitrogen functional groups attached to an aromatic ring is 1. The quantitative estimate of drug-likeness (QED) is 0.659. The number of nitrogens with one attached hydrogen (secondary N) is 2. The zero-order valence-electron chi connectivity index (χ0n) is 16.1. The first kappa shape index (κ1) is 19.7. The Morgan fingerprint density at radius 1 is 1.25 bits per heavy atom. The lowest BCUT2D eigenvalue weighted by molar-refractivity contribution is -0.121. The van der Waals surface area contributed by atoms with Crippen LogP contribution >= 0.6 is 0 Å². The van der Waals surface area contributed by atoms with Gasteiger partial charge < -0.3 is 16.0 Å². The van der Waals surface area contributed by atoms with Gasteiger partial charge in [-0.1, -0.05) is 43.2 Å². The minimum Gasteiger partial charge on any atom is -0.383 e. The van der Waals surface area contributed by atoms with E-state index in [2.05, 4.69) is 10.3 Å². The molecule has 1 aromatic carbocycles. The van der Waals surface area contributed by atoms with Gasteiger partial charge in [-0.2, -0.15) is 0 Å². The summed E-state index contributed by atoms with van der Waals surface area (Å²) in [7, 11) is 1.70. The Balaban J connectivity index is 1.73. The zero-order chi connectivity index (χ0) is 20.1. The van der Waals surface area contributed by atoms with Gasteiger partial charge in [-0.3, -0.25) is 19.1 Å². The van der Waals surface area contributed by atoms with Gasteiger partial charge in [-0.05, 0) is 18.4 Å². The summed E-state index contributed by atoms with van der Waals surface area (Å²) in [6.45, 7) is 0.584. The van der Waals surface area contributed by atoms with Crippen molar-refractivity contribution >= 4 is 17.4 Å². The molecular weight excluding hydrogens is 358 g/mol. The first-order valence-corrected chi connectivity index (χ1v) is 9.62. The van der Waals surface area contributed by atoms with Gasteiger partial charge in [0.05, 0.1) is 6.54 Å². The molecule has 1 aromatic heterocycles. The predicted octanol–water partition coefficient (Wildman–Crippen LogP) is 1.05. The van der Waals surface area contributed by atoms with Gasteiger partial charge in [0.25, 0.3) is 5.56 Å². The first-order chi connectivity index (χ1) is 13.5. The molecule has 8 heteroatoms. The number of hydrogen-bond donors (Lipinski definition) is 3. The van der Waals surface area contributed by atoms with Crippen molar-refractivity contribution in [1.82, 2.24) is 14.9 Å². The van der Waals surface area contributed by atoms with Crippen LogP contribution in [0.15, 0.2) is 39.9 Å². The Labute approximate surface area is 163 Å². The van der Waals surface area contributed by atoms with Crippen LogP contribution in [0.4, 0.5) is 11.5 Å². The fourth-order valence-corrected chi connectivity index (χ4v) is 3.62. The summed E-state index contributed by atoms with van der Waals surface area (Å²) >= 11 is 0. The molecule has 2 aromatic rings. The van der Waals surface area contributed by atoms with E-state index in [1.165, 1.54) is 4.57 Å². The molecule has 150 valence electrons. The number of carbonyl (C=O) groups is 1. The van der Waals surface area contributed by atoms with Crippen molar-refractivity contribution in [2.45, 2.75) is 44.7 Å². The van der Waals surface area contributed by atoms with Crippen LogP contribution in [0.3, 0.4) is 0 Å². The molecule has 3 rings (SSSR count). The Hall–Kier alpha value is -3.03. The second kappa shape index (κ2) is 8.77. The lowest BCUT2D eigenvalue weighted by Crippen LogP contribution is -2.39. The molecule has 1 amide bonds. The number of carbonyl (C=O) groups excluding carboxylic acids is 1. The predicted molar refractivity (Wildman–Crippen MR) is 110 cm³/mol. The summed E-state index contributed by atoms with van der Waals surface area (Å²) in [5, 5.41) is 3.03. The van der Waals surface area contributed by atoms with E-state index >= 15 is 0 Å². The average molecular weight is 385 g/mol. The van der Waals surface area contributed by atoms with E-state index in [1.54, 1.807) is 11.9 Å². The summed E-state index contributed by atoms with van der Waals surface area (Å²) in [6.07, 6.45) is 4.61. The van der Waals surface area contributed by atoms with Crippen molar-refractivity contribution < 1.29 is 4.79 Å². The van der Waals surface area contributed by atoms with Crippen molar-refractivity contribution in [2.24, 2.45) is 0 Å². The smallest absolute Gasteiger partial charge is 0.330 e. The second-order valence-corrected chi connectivity index (χ2v) is 7.29. The molecule has 4 N–H and O–H groups in total. The number of anilines is 2. The van der Waals surface area contributed by atoms with E-state index in [-0.39, 0.29) is 36.4 Å². The average Bonchev–Trinajstić information content (AvgIpc) is 3.17. The third-order valence-corrected chi connectivity index (χ3v) is 5.17. The third-order valence-electron chi connectivity index (χ3n) is 5.17. The molecule has 1 aliphatic carbocycles. The van der Waals surface area contributed by atoms with Crippen LogP contribution in [-0.2, 0) is 11.3 Å². The number of hydrogen-bond acceptors (Lipinski definition) is 5. The van der Waals surface area contributed by atoms with Gasteiger partial charge in [0.1, 0.15) is 11.5 Å². The molecule has 1 fully saturated rings. The summed E-state index contributed by atoms with van der Waals surface area (Å²) in [6, 6.07) is 9.66. The zero-order valence-corrected chi connectivity index (χ0v) is 16.1. The number of H-pyrrole nitrogens is 1. The van der Waals surface area contributed by atoms with Crippen molar-refractivity contribution in [3.8, 4) is 0 Å². The SMILES string of the molecule is CN(CCC(=O)NC1CCCC1)c1c(N)n(Cc2ccccc2)c(=O)[nH]c1=O. The normalized spacial score (nSPS) is 14.2. The molecule has 1 heterocycles. The molecule has 28 heavy (non-hydrogen) atoms. The number of amides is 1. The fourth-order valence-electron chi connectivity index (χ4n) is 3.62. The lowest BCUT2D eigenvalue weighted by Gasteiger charge is -2.22. The molecule has 8 nitrogen and oxygen atoms in total. The van der Waals surface area contributed by atoms with Gasteiger partial charge in [0.15, 0.2) is 0 Å². The molecular formula is C20H27N5O3. The number of nitrogens with two attached hydrogens (primary N) is 1. The highest BCUT2D eigenvalue weighted by atomic mass is 16.2. The van der Waals surface area contributed by atoms with Gasteiger partial charge in [-0.25, -0.2) is 4.79 Å². The summed E-state index contributed by atoms with van der Waals surface area (Å²) < 4.78 is 1.33. The van der Waals surface area contributed by atoms with Gasteiger partial charge in [-0.15, -0.1) is 0 Å². The molecule has 0 radical (unpaired) electrons. The van der Waals surface area contributed by atoms with E-state index in [9.17, 15) is 14.4 Å². The Bertz CT molecular complexity index is 929. The monoisotopic (exact) mass is 385 g/mol. The maximum absolute atomic E-state index is 12.3. The largest absolute Gasteiger partial charge is 0.383 e. The summed E-state index contributed by atoms with van der Waals surface area (Å²) in [5.41, 5.74) is 6.16. The van der Waals surface area contributed by atoms with Crippen molar-refractivity contribution in [3.63, 3.8) is 0 Å². The lowest BCUT2D eigenvalue weighted by atomic mass is 10.2. The van der Waals surface area contributed by atoms with Crippen LogP contribution in [0.2, 0.25) is 0 Å². The van der Waals surface area contributed by atoms with Crippen LogP contribution in [-0.4, -0.2) is 35.1 Å². The van der Waals surface area contributed by atoms with Crippen LogP contribution in [0.1, 0.15) is 37.7 Å². The molecule has 0 bridgehead atoms. The van der Waals surface area contributed by atoms with Gasteiger partial charge in [0, 0.05) is 26.1 Å². The van der Waals surface area contributed by atoms with E-state index in [4.69, 9.17) is 5.73 Å². The molecule has 1 aliphatic rings. The first-order valence-electron chi connectivity index (χ1n) is 9.62. The molecule has 0 unspecified atom stereocenters. The van der Waals surface area contributed by atoms with Gasteiger partial charge >= 0.3 is 5.69 Å². The van der Waals surface area contributed by atoms with Gasteiger partial charge in [0.2, 0.25) is 5.91 Å². The van der Waals surface area contributed by atoms with Crippen LogP contribution < -0.4 is 27.2 Å². The molecule has 0 aliphatic heterocycles. The molecule has 0 spiro atoms. The highest BCUT2D eigenvalue weighted by molar-refractivity contribution is 5.77. The minimum absolute atomic E-state index is 0.0358. The summed E-state index contributed by atoms with van der Waals surface area (Å²) in [5.74, 6) is 0.0580. The molecule has 1 saturated carbocycles. The highest BCUT2D eigenvalue weighted by Crippen LogP contribution is 2.18. The Morgan fingerprint density at radius 2 is 1.93 bits per heavy atom. The van der Waals surface area contributed by atoms with Crippen molar-refractivity contribution in [3.05, 3.63) is 56.7 Å². The molecule has 0 saturated heterocycles.